The highest BCUT2D eigenvalue weighted by molar-refractivity contribution is 7.89. The lowest BCUT2D eigenvalue weighted by Crippen LogP contribution is -2.47. The lowest BCUT2D eigenvalue weighted by Gasteiger charge is -2.55. The number of benzene rings is 1. The standard InChI is InChI=1S/C24H33N3O3S/c1-17-4-6-22(7-5-17)31(29,30)27-8-2-3-21(27)15-25-23(28)26-16-24-12-18-9-19(13-24)11-20(10-18)14-24/h4-7,16,18-21H,2-3,8-15H2,1H3,(H,25,28)/b26-16-. The average Bonchev–Trinajstić information content (AvgIpc) is 3.20. The molecule has 0 aromatic heterocycles. The summed E-state index contributed by atoms with van der Waals surface area (Å²) in [4.78, 5) is 17.1. The summed E-state index contributed by atoms with van der Waals surface area (Å²) < 4.78 is 27.7. The van der Waals surface area contributed by atoms with Crippen LogP contribution in [0.4, 0.5) is 4.79 Å². The molecule has 1 aliphatic heterocycles. The summed E-state index contributed by atoms with van der Waals surface area (Å²) in [6, 6.07) is 6.40. The summed E-state index contributed by atoms with van der Waals surface area (Å²) in [5.41, 5.74) is 1.15. The fourth-order valence-corrected chi connectivity index (χ4v) is 8.65. The number of rotatable bonds is 5. The van der Waals surface area contributed by atoms with Gasteiger partial charge in [-0.15, -0.1) is 0 Å². The van der Waals surface area contributed by atoms with Gasteiger partial charge in [0.2, 0.25) is 10.0 Å². The summed E-state index contributed by atoms with van der Waals surface area (Å²) in [6.45, 7) is 2.74. The first-order valence-corrected chi connectivity index (χ1v) is 13.2. The molecule has 6 nitrogen and oxygen atoms in total. The van der Waals surface area contributed by atoms with Gasteiger partial charge < -0.3 is 5.32 Å². The molecule has 1 N–H and O–H groups in total. The van der Waals surface area contributed by atoms with Crippen LogP contribution in [-0.2, 0) is 10.0 Å². The average molecular weight is 444 g/mol. The molecular formula is C24H33N3O3S. The van der Waals surface area contributed by atoms with Crippen molar-refractivity contribution in [3.05, 3.63) is 29.8 Å². The second-order valence-electron chi connectivity index (χ2n) is 10.4. The van der Waals surface area contributed by atoms with Gasteiger partial charge in [0, 0.05) is 30.8 Å². The van der Waals surface area contributed by atoms with Crippen molar-refractivity contribution < 1.29 is 13.2 Å². The Hall–Kier alpha value is -1.73. The number of hydrogen-bond donors (Lipinski definition) is 1. The fraction of sp³-hybridized carbons (Fsp3) is 0.667. The van der Waals surface area contributed by atoms with E-state index in [-0.39, 0.29) is 17.5 Å². The van der Waals surface area contributed by atoms with Crippen molar-refractivity contribution in [2.24, 2.45) is 28.2 Å². The molecule has 5 aliphatic rings. The minimum absolute atomic E-state index is 0.125. The van der Waals surface area contributed by atoms with Crippen molar-refractivity contribution in [2.75, 3.05) is 13.1 Å². The molecule has 31 heavy (non-hydrogen) atoms. The molecule has 1 aromatic carbocycles. The highest BCUT2D eigenvalue weighted by Gasteiger charge is 2.50. The number of carbonyl (C=O) groups is 1. The van der Waals surface area contributed by atoms with E-state index in [0.717, 1.165) is 36.2 Å². The van der Waals surface area contributed by atoms with E-state index in [0.29, 0.717) is 18.0 Å². The molecule has 5 fully saturated rings. The van der Waals surface area contributed by atoms with E-state index in [4.69, 9.17) is 0 Å². The summed E-state index contributed by atoms with van der Waals surface area (Å²) in [7, 11) is -3.55. The van der Waals surface area contributed by atoms with Gasteiger partial charge in [-0.1, -0.05) is 17.7 Å². The molecule has 1 saturated heterocycles. The molecule has 1 heterocycles. The number of carbonyl (C=O) groups excluding carboxylic acids is 1. The Kier molecular flexibility index (Phi) is 5.45. The molecule has 4 bridgehead atoms. The van der Waals surface area contributed by atoms with E-state index in [1.54, 1.807) is 16.4 Å². The fourth-order valence-electron chi connectivity index (χ4n) is 6.96. The Morgan fingerprint density at radius 2 is 1.74 bits per heavy atom. The zero-order valence-corrected chi connectivity index (χ0v) is 19.1. The van der Waals surface area contributed by atoms with Crippen LogP contribution in [0.25, 0.3) is 0 Å². The Balaban J connectivity index is 1.20. The highest BCUT2D eigenvalue weighted by Crippen LogP contribution is 2.59. The maximum absolute atomic E-state index is 13.1. The van der Waals surface area contributed by atoms with Crippen molar-refractivity contribution >= 4 is 22.3 Å². The van der Waals surface area contributed by atoms with Crippen molar-refractivity contribution in [3.63, 3.8) is 0 Å². The normalized spacial score (nSPS) is 35.1. The molecule has 1 unspecified atom stereocenters. The maximum Gasteiger partial charge on any atom is 0.340 e. The molecule has 2 amide bonds. The molecule has 6 rings (SSSR count). The van der Waals surface area contributed by atoms with Gasteiger partial charge >= 0.3 is 6.03 Å². The van der Waals surface area contributed by atoms with Gasteiger partial charge in [-0.25, -0.2) is 18.2 Å². The van der Waals surface area contributed by atoms with Crippen LogP contribution < -0.4 is 5.32 Å². The predicted molar refractivity (Wildman–Crippen MR) is 121 cm³/mol. The van der Waals surface area contributed by atoms with E-state index in [1.165, 1.54) is 38.5 Å². The predicted octanol–water partition coefficient (Wildman–Crippen LogP) is 4.14. The van der Waals surface area contributed by atoms with Crippen LogP contribution in [0.15, 0.2) is 34.2 Å². The molecule has 0 spiro atoms. The van der Waals surface area contributed by atoms with Crippen LogP contribution in [0.5, 0.6) is 0 Å². The molecule has 4 saturated carbocycles. The van der Waals surface area contributed by atoms with E-state index in [2.05, 4.69) is 10.3 Å². The Bertz CT molecular complexity index is 935. The molecule has 168 valence electrons. The lowest BCUT2D eigenvalue weighted by atomic mass is 9.50. The van der Waals surface area contributed by atoms with Crippen LogP contribution in [0.2, 0.25) is 0 Å². The number of aliphatic imine (C=N–C) groups is 1. The zero-order valence-electron chi connectivity index (χ0n) is 18.3. The third-order valence-corrected chi connectivity index (χ3v) is 9.95. The highest BCUT2D eigenvalue weighted by atomic mass is 32.2. The first-order valence-electron chi connectivity index (χ1n) is 11.7. The number of nitrogens with one attached hydrogen (secondary N) is 1. The van der Waals surface area contributed by atoms with Gasteiger partial charge in [0.15, 0.2) is 0 Å². The molecule has 1 aromatic rings. The number of hydrogen-bond acceptors (Lipinski definition) is 3. The number of sulfonamides is 1. The number of urea groups is 1. The van der Waals surface area contributed by atoms with E-state index in [9.17, 15) is 13.2 Å². The third kappa shape index (κ3) is 4.19. The SMILES string of the molecule is Cc1ccc(S(=O)(=O)N2CCCC2CNC(=O)/N=C\C23CC4CC(CC(C4)C2)C3)cc1. The van der Waals surface area contributed by atoms with Gasteiger partial charge in [0.05, 0.1) is 4.90 Å². The Morgan fingerprint density at radius 1 is 1.13 bits per heavy atom. The van der Waals surface area contributed by atoms with E-state index >= 15 is 0 Å². The summed E-state index contributed by atoms with van der Waals surface area (Å²) in [6.07, 6.45) is 11.2. The zero-order chi connectivity index (χ0) is 21.6. The van der Waals surface area contributed by atoms with Gasteiger partial charge in [0.1, 0.15) is 0 Å². The van der Waals surface area contributed by atoms with Crippen LogP contribution in [-0.4, -0.2) is 44.1 Å². The van der Waals surface area contributed by atoms with E-state index in [1.807, 2.05) is 25.3 Å². The number of aryl methyl sites for hydroxylation is 1. The van der Waals surface area contributed by atoms with Gasteiger partial charge in [0.25, 0.3) is 0 Å². The van der Waals surface area contributed by atoms with Crippen molar-refractivity contribution in [2.45, 2.75) is 69.2 Å². The number of nitrogens with zero attached hydrogens (tertiary/aromatic N) is 2. The van der Waals surface area contributed by atoms with Crippen molar-refractivity contribution in [1.29, 1.82) is 0 Å². The summed E-state index contributed by atoms with van der Waals surface area (Å²) in [5.74, 6) is 2.46. The second kappa shape index (κ2) is 8.00. The largest absolute Gasteiger partial charge is 0.340 e. The quantitative estimate of drug-likeness (QED) is 0.695. The molecule has 1 atom stereocenters. The third-order valence-electron chi connectivity index (χ3n) is 7.98. The molecular weight excluding hydrogens is 410 g/mol. The first kappa shape index (κ1) is 21.1. The van der Waals surface area contributed by atoms with E-state index < -0.39 is 10.0 Å². The monoisotopic (exact) mass is 443 g/mol. The maximum atomic E-state index is 13.1. The van der Waals surface area contributed by atoms with Gasteiger partial charge in [-0.3, -0.25) is 0 Å². The Morgan fingerprint density at radius 3 is 2.35 bits per heavy atom. The van der Waals surface area contributed by atoms with Crippen LogP contribution in [0.3, 0.4) is 0 Å². The first-order chi connectivity index (χ1) is 14.8. The van der Waals surface area contributed by atoms with Crippen molar-refractivity contribution in [1.82, 2.24) is 9.62 Å². The summed E-state index contributed by atoms with van der Waals surface area (Å²) >= 11 is 0. The second-order valence-corrected chi connectivity index (χ2v) is 12.3. The minimum atomic E-state index is -3.55. The van der Waals surface area contributed by atoms with Crippen LogP contribution >= 0.6 is 0 Å². The van der Waals surface area contributed by atoms with Crippen LogP contribution in [0, 0.1) is 30.1 Å². The molecule has 7 heteroatoms. The lowest BCUT2D eigenvalue weighted by molar-refractivity contribution is -0.00961. The van der Waals surface area contributed by atoms with Crippen LogP contribution in [0.1, 0.15) is 56.9 Å². The smallest absolute Gasteiger partial charge is 0.335 e. The Labute approximate surface area is 185 Å². The van der Waals surface area contributed by atoms with Gasteiger partial charge in [-0.2, -0.15) is 4.31 Å². The summed E-state index contributed by atoms with van der Waals surface area (Å²) in [5, 5.41) is 2.88. The topological polar surface area (TPSA) is 78.8 Å². The molecule has 4 aliphatic carbocycles. The molecule has 0 radical (unpaired) electrons. The minimum Gasteiger partial charge on any atom is -0.335 e. The van der Waals surface area contributed by atoms with Crippen molar-refractivity contribution in [3.8, 4) is 0 Å². The number of amides is 2. The van der Waals surface area contributed by atoms with Gasteiger partial charge in [-0.05, 0) is 88.2 Å².